The van der Waals surface area contributed by atoms with E-state index in [-0.39, 0.29) is 30.6 Å². The van der Waals surface area contributed by atoms with E-state index in [4.69, 9.17) is 14.6 Å². The van der Waals surface area contributed by atoms with Crippen LogP contribution in [0.2, 0.25) is 0 Å². The first kappa shape index (κ1) is 13.4. The summed E-state index contributed by atoms with van der Waals surface area (Å²) < 4.78 is 10.3. The fraction of sp³-hybridized carbons (Fsp3) is 0.909. The molecule has 0 aromatic heterocycles. The molecular formula is C11H21NO4. The molecule has 3 atom stereocenters. The third-order valence-corrected chi connectivity index (χ3v) is 2.90. The first-order chi connectivity index (χ1) is 7.69. The molecule has 5 nitrogen and oxygen atoms in total. The number of carbonyl (C=O) groups excluding carboxylic acids is 1. The Morgan fingerprint density at radius 1 is 1.69 bits per heavy atom. The van der Waals surface area contributed by atoms with Crippen LogP contribution in [0.25, 0.3) is 0 Å². The summed E-state index contributed by atoms with van der Waals surface area (Å²) in [6, 6.07) is -0.115. The zero-order valence-corrected chi connectivity index (χ0v) is 9.94. The lowest BCUT2D eigenvalue weighted by molar-refractivity contribution is -0.127. The van der Waals surface area contributed by atoms with Gasteiger partial charge < -0.3 is 19.9 Å². The third kappa shape index (κ3) is 3.73. The van der Waals surface area contributed by atoms with Crippen LogP contribution in [0.3, 0.4) is 0 Å². The molecule has 94 valence electrons. The van der Waals surface area contributed by atoms with E-state index in [2.05, 4.69) is 5.32 Å². The van der Waals surface area contributed by atoms with E-state index < -0.39 is 0 Å². The van der Waals surface area contributed by atoms with Gasteiger partial charge in [0.05, 0.1) is 24.7 Å². The van der Waals surface area contributed by atoms with Gasteiger partial charge in [-0.25, -0.2) is 0 Å². The number of methoxy groups -OCH3 is 1. The first-order valence-corrected chi connectivity index (χ1v) is 5.70. The van der Waals surface area contributed by atoms with E-state index in [1.807, 2.05) is 6.92 Å². The monoisotopic (exact) mass is 231 g/mol. The largest absolute Gasteiger partial charge is 0.396 e. The van der Waals surface area contributed by atoms with Crippen LogP contribution in [-0.2, 0) is 14.3 Å². The van der Waals surface area contributed by atoms with Crippen molar-refractivity contribution in [1.29, 1.82) is 0 Å². The Labute approximate surface area is 96.1 Å². The molecule has 0 radical (unpaired) electrons. The van der Waals surface area contributed by atoms with Crippen molar-refractivity contribution >= 4 is 5.91 Å². The van der Waals surface area contributed by atoms with Crippen molar-refractivity contribution in [2.24, 2.45) is 5.92 Å². The molecule has 1 rings (SSSR count). The molecule has 0 spiro atoms. The van der Waals surface area contributed by atoms with Crippen molar-refractivity contribution in [3.05, 3.63) is 0 Å². The fourth-order valence-corrected chi connectivity index (χ4v) is 1.94. The highest BCUT2D eigenvalue weighted by Gasteiger charge is 2.31. The van der Waals surface area contributed by atoms with Crippen molar-refractivity contribution in [2.45, 2.75) is 31.9 Å². The molecule has 1 aliphatic rings. The van der Waals surface area contributed by atoms with Gasteiger partial charge in [0.2, 0.25) is 5.91 Å². The Balaban J connectivity index is 2.40. The van der Waals surface area contributed by atoms with E-state index in [1.54, 1.807) is 7.11 Å². The highest BCUT2D eigenvalue weighted by atomic mass is 16.5. The van der Waals surface area contributed by atoms with Crippen LogP contribution in [0.4, 0.5) is 0 Å². The molecule has 0 saturated carbocycles. The third-order valence-electron chi connectivity index (χ3n) is 2.90. The van der Waals surface area contributed by atoms with E-state index in [1.165, 1.54) is 0 Å². The molecule has 5 heteroatoms. The van der Waals surface area contributed by atoms with Crippen LogP contribution < -0.4 is 5.32 Å². The molecule has 0 aliphatic carbocycles. The minimum absolute atomic E-state index is 0.000463. The Bertz CT molecular complexity index is 216. The van der Waals surface area contributed by atoms with Crippen LogP contribution in [0.5, 0.6) is 0 Å². The zero-order chi connectivity index (χ0) is 12.0. The molecule has 3 unspecified atom stereocenters. The SMILES string of the molecule is COCC(CCO)NC(=O)C1CCOC1C. The number of ether oxygens (including phenoxy) is 2. The van der Waals surface area contributed by atoms with Gasteiger partial charge in [0, 0.05) is 20.3 Å². The molecular weight excluding hydrogens is 210 g/mol. The number of carbonyl (C=O) groups is 1. The van der Waals surface area contributed by atoms with E-state index in [9.17, 15) is 4.79 Å². The second-order valence-corrected chi connectivity index (χ2v) is 4.14. The summed E-state index contributed by atoms with van der Waals surface area (Å²) in [6.07, 6.45) is 1.27. The lowest BCUT2D eigenvalue weighted by Gasteiger charge is -2.20. The quantitative estimate of drug-likeness (QED) is 0.671. The molecule has 1 aliphatic heterocycles. The van der Waals surface area contributed by atoms with Crippen LogP contribution in [0.15, 0.2) is 0 Å². The second kappa shape index (κ2) is 6.83. The van der Waals surface area contributed by atoms with Gasteiger partial charge in [0.15, 0.2) is 0 Å². The molecule has 1 heterocycles. The summed E-state index contributed by atoms with van der Waals surface area (Å²) in [5.41, 5.74) is 0. The normalized spacial score (nSPS) is 26.7. The van der Waals surface area contributed by atoms with Crippen molar-refractivity contribution in [3.8, 4) is 0 Å². The molecule has 1 saturated heterocycles. The zero-order valence-electron chi connectivity index (χ0n) is 9.94. The Kier molecular flexibility index (Phi) is 5.73. The number of hydrogen-bond donors (Lipinski definition) is 2. The Morgan fingerprint density at radius 2 is 2.44 bits per heavy atom. The molecule has 1 amide bonds. The maximum atomic E-state index is 11.9. The average molecular weight is 231 g/mol. The molecule has 0 aromatic carbocycles. The molecule has 0 bridgehead atoms. The number of nitrogens with one attached hydrogen (secondary N) is 1. The van der Waals surface area contributed by atoms with Crippen molar-refractivity contribution < 1.29 is 19.4 Å². The Morgan fingerprint density at radius 3 is 2.94 bits per heavy atom. The summed E-state index contributed by atoms with van der Waals surface area (Å²) in [7, 11) is 1.58. The van der Waals surface area contributed by atoms with Crippen molar-refractivity contribution in [1.82, 2.24) is 5.32 Å². The van der Waals surface area contributed by atoms with Gasteiger partial charge in [0.1, 0.15) is 0 Å². The number of rotatable bonds is 6. The summed E-state index contributed by atoms with van der Waals surface area (Å²) in [6.45, 7) is 3.03. The average Bonchev–Trinajstić information content (AvgIpc) is 2.65. The Hall–Kier alpha value is -0.650. The van der Waals surface area contributed by atoms with Crippen LogP contribution >= 0.6 is 0 Å². The summed E-state index contributed by atoms with van der Waals surface area (Å²) in [5, 5.41) is 11.7. The van der Waals surface area contributed by atoms with Gasteiger partial charge in [-0.1, -0.05) is 0 Å². The van der Waals surface area contributed by atoms with Crippen molar-refractivity contribution in [3.63, 3.8) is 0 Å². The molecule has 2 N–H and O–H groups in total. The maximum absolute atomic E-state index is 11.9. The summed E-state index contributed by atoms with van der Waals surface area (Å²) in [5.74, 6) is -0.0708. The predicted octanol–water partition coefficient (Wildman–Crippen LogP) is -0.0750. The fourth-order valence-electron chi connectivity index (χ4n) is 1.94. The van der Waals surface area contributed by atoms with Crippen molar-refractivity contribution in [2.75, 3.05) is 26.9 Å². The van der Waals surface area contributed by atoms with Crippen LogP contribution in [0, 0.1) is 5.92 Å². The standard InChI is InChI=1S/C11H21NO4/c1-8-10(4-6-16-8)11(14)12-9(3-5-13)7-15-2/h8-10,13H,3-7H2,1-2H3,(H,12,14). The number of amides is 1. The van der Waals surface area contributed by atoms with E-state index in [0.717, 1.165) is 6.42 Å². The van der Waals surface area contributed by atoms with Gasteiger partial charge in [-0.3, -0.25) is 4.79 Å². The van der Waals surface area contributed by atoms with Gasteiger partial charge in [-0.15, -0.1) is 0 Å². The second-order valence-electron chi connectivity index (χ2n) is 4.14. The van der Waals surface area contributed by atoms with Gasteiger partial charge in [-0.05, 0) is 19.8 Å². The molecule has 16 heavy (non-hydrogen) atoms. The van der Waals surface area contributed by atoms with Crippen LogP contribution in [-0.4, -0.2) is 50.1 Å². The topological polar surface area (TPSA) is 67.8 Å². The highest BCUT2D eigenvalue weighted by Crippen LogP contribution is 2.20. The predicted molar refractivity (Wildman–Crippen MR) is 59.0 cm³/mol. The molecule has 0 aromatic rings. The minimum Gasteiger partial charge on any atom is -0.396 e. The lowest BCUT2D eigenvalue weighted by Crippen LogP contribution is -2.43. The van der Waals surface area contributed by atoms with Gasteiger partial charge >= 0.3 is 0 Å². The number of aliphatic hydroxyl groups excluding tert-OH is 1. The summed E-state index contributed by atoms with van der Waals surface area (Å²) in [4.78, 5) is 11.9. The highest BCUT2D eigenvalue weighted by molar-refractivity contribution is 5.79. The molecule has 1 fully saturated rings. The first-order valence-electron chi connectivity index (χ1n) is 5.70. The minimum atomic E-state index is -0.115. The number of aliphatic hydroxyl groups is 1. The van der Waals surface area contributed by atoms with E-state index in [0.29, 0.717) is 19.6 Å². The summed E-state index contributed by atoms with van der Waals surface area (Å²) >= 11 is 0. The van der Waals surface area contributed by atoms with Gasteiger partial charge in [-0.2, -0.15) is 0 Å². The lowest BCUT2D eigenvalue weighted by atomic mass is 10.0. The van der Waals surface area contributed by atoms with E-state index >= 15 is 0 Å². The maximum Gasteiger partial charge on any atom is 0.226 e. The smallest absolute Gasteiger partial charge is 0.226 e. The van der Waals surface area contributed by atoms with Gasteiger partial charge in [0.25, 0.3) is 0 Å². The number of hydrogen-bond acceptors (Lipinski definition) is 4. The van der Waals surface area contributed by atoms with Crippen LogP contribution in [0.1, 0.15) is 19.8 Å².